The SMILES string of the molecule is CCC(C)CNC(=O)NC1(C(=O)O)CCCC(C)C1. The first-order chi connectivity index (χ1) is 8.89. The molecule has 1 aliphatic rings. The van der Waals surface area contributed by atoms with Gasteiger partial charge in [0.25, 0.3) is 0 Å². The molecule has 0 saturated heterocycles. The zero-order valence-electron chi connectivity index (χ0n) is 12.2. The number of hydrogen-bond acceptors (Lipinski definition) is 2. The largest absolute Gasteiger partial charge is 0.480 e. The van der Waals surface area contributed by atoms with Crippen molar-refractivity contribution in [2.75, 3.05) is 6.54 Å². The smallest absolute Gasteiger partial charge is 0.329 e. The summed E-state index contributed by atoms with van der Waals surface area (Å²) in [5.41, 5.74) is -1.09. The van der Waals surface area contributed by atoms with E-state index < -0.39 is 11.5 Å². The summed E-state index contributed by atoms with van der Waals surface area (Å²) in [4.78, 5) is 23.4. The van der Waals surface area contributed by atoms with Gasteiger partial charge in [0, 0.05) is 6.54 Å². The number of aliphatic carboxylic acids is 1. The van der Waals surface area contributed by atoms with Gasteiger partial charge in [-0.05, 0) is 24.7 Å². The molecule has 5 nitrogen and oxygen atoms in total. The molecule has 0 aliphatic heterocycles. The van der Waals surface area contributed by atoms with Crippen LogP contribution in [0.2, 0.25) is 0 Å². The average Bonchev–Trinajstić information content (AvgIpc) is 2.35. The molecule has 3 atom stereocenters. The monoisotopic (exact) mass is 270 g/mol. The van der Waals surface area contributed by atoms with Crippen molar-refractivity contribution >= 4 is 12.0 Å². The molecule has 0 aromatic carbocycles. The number of rotatable bonds is 5. The van der Waals surface area contributed by atoms with Crippen LogP contribution >= 0.6 is 0 Å². The third-order valence-corrected chi connectivity index (χ3v) is 4.07. The third-order valence-electron chi connectivity index (χ3n) is 4.07. The molecular weight excluding hydrogens is 244 g/mol. The Kier molecular flexibility index (Phi) is 5.63. The number of carboxylic acids is 1. The van der Waals surface area contributed by atoms with E-state index in [1.165, 1.54) is 0 Å². The van der Waals surface area contributed by atoms with E-state index in [1.54, 1.807) is 0 Å². The van der Waals surface area contributed by atoms with Gasteiger partial charge in [0.2, 0.25) is 0 Å². The molecule has 1 saturated carbocycles. The number of urea groups is 1. The van der Waals surface area contributed by atoms with E-state index in [0.29, 0.717) is 31.2 Å². The maximum absolute atomic E-state index is 11.9. The van der Waals surface area contributed by atoms with Crippen molar-refractivity contribution in [1.29, 1.82) is 0 Å². The quantitative estimate of drug-likeness (QED) is 0.717. The molecule has 5 heteroatoms. The van der Waals surface area contributed by atoms with Gasteiger partial charge in [0.05, 0.1) is 0 Å². The van der Waals surface area contributed by atoms with E-state index in [-0.39, 0.29) is 6.03 Å². The molecule has 1 rings (SSSR count). The number of amides is 2. The number of hydrogen-bond donors (Lipinski definition) is 3. The van der Waals surface area contributed by atoms with Crippen LogP contribution in [0.3, 0.4) is 0 Å². The molecule has 0 spiro atoms. The minimum atomic E-state index is -1.09. The summed E-state index contributed by atoms with van der Waals surface area (Å²) in [6.07, 6.45) is 3.90. The molecule has 3 unspecified atom stereocenters. The zero-order chi connectivity index (χ0) is 14.5. The lowest BCUT2D eigenvalue weighted by Crippen LogP contribution is -2.59. The fourth-order valence-electron chi connectivity index (χ4n) is 2.59. The number of carbonyl (C=O) groups excluding carboxylic acids is 1. The summed E-state index contributed by atoms with van der Waals surface area (Å²) in [6.45, 7) is 6.73. The summed E-state index contributed by atoms with van der Waals surface area (Å²) in [5, 5.41) is 14.9. The van der Waals surface area contributed by atoms with E-state index >= 15 is 0 Å². The molecule has 1 fully saturated rings. The molecule has 3 N–H and O–H groups in total. The first-order valence-electron chi connectivity index (χ1n) is 7.19. The minimum Gasteiger partial charge on any atom is -0.480 e. The van der Waals surface area contributed by atoms with E-state index in [9.17, 15) is 14.7 Å². The van der Waals surface area contributed by atoms with Crippen LogP contribution in [0.4, 0.5) is 4.79 Å². The molecular formula is C14H26N2O3. The second-order valence-corrected chi connectivity index (χ2v) is 5.94. The van der Waals surface area contributed by atoms with Gasteiger partial charge in [-0.1, -0.05) is 40.0 Å². The van der Waals surface area contributed by atoms with Crippen molar-refractivity contribution < 1.29 is 14.7 Å². The lowest BCUT2D eigenvalue weighted by molar-refractivity contribution is -0.146. The Labute approximate surface area is 115 Å². The first-order valence-corrected chi connectivity index (χ1v) is 7.19. The van der Waals surface area contributed by atoms with Gasteiger partial charge in [-0.15, -0.1) is 0 Å². The topological polar surface area (TPSA) is 78.4 Å². The summed E-state index contributed by atoms with van der Waals surface area (Å²) in [7, 11) is 0. The first kappa shape index (κ1) is 15.8. The maximum Gasteiger partial charge on any atom is 0.329 e. The molecule has 2 amide bonds. The number of carboxylic acid groups (broad SMARTS) is 1. The minimum absolute atomic E-state index is 0.333. The Morgan fingerprint density at radius 3 is 2.68 bits per heavy atom. The van der Waals surface area contributed by atoms with Crippen molar-refractivity contribution in [3.63, 3.8) is 0 Å². The van der Waals surface area contributed by atoms with Crippen LogP contribution in [-0.2, 0) is 4.79 Å². The van der Waals surface area contributed by atoms with Crippen molar-refractivity contribution in [1.82, 2.24) is 10.6 Å². The molecule has 1 aliphatic carbocycles. The van der Waals surface area contributed by atoms with Crippen LogP contribution in [0.5, 0.6) is 0 Å². The van der Waals surface area contributed by atoms with E-state index in [0.717, 1.165) is 19.3 Å². The molecule has 0 bridgehead atoms. The van der Waals surface area contributed by atoms with Gasteiger partial charge in [-0.2, -0.15) is 0 Å². The van der Waals surface area contributed by atoms with Crippen molar-refractivity contribution in [2.45, 2.75) is 58.4 Å². The highest BCUT2D eigenvalue weighted by Gasteiger charge is 2.43. The predicted molar refractivity (Wildman–Crippen MR) is 74.0 cm³/mol. The zero-order valence-corrected chi connectivity index (χ0v) is 12.2. The van der Waals surface area contributed by atoms with Gasteiger partial charge in [-0.3, -0.25) is 0 Å². The van der Waals surface area contributed by atoms with Crippen LogP contribution in [0, 0.1) is 11.8 Å². The van der Waals surface area contributed by atoms with Crippen molar-refractivity contribution in [3.8, 4) is 0 Å². The highest BCUT2D eigenvalue weighted by molar-refractivity contribution is 5.86. The van der Waals surface area contributed by atoms with E-state index in [4.69, 9.17) is 0 Å². The van der Waals surface area contributed by atoms with Gasteiger partial charge in [0.15, 0.2) is 0 Å². The Bertz CT molecular complexity index is 333. The molecule has 110 valence electrons. The molecule has 0 aromatic heterocycles. The third kappa shape index (κ3) is 4.40. The standard InChI is InChI=1S/C14H26N2O3/c1-4-10(2)9-15-13(19)16-14(12(17)18)7-5-6-11(3)8-14/h10-11H,4-9H2,1-3H3,(H,17,18)(H2,15,16,19). The highest BCUT2D eigenvalue weighted by Crippen LogP contribution is 2.32. The molecule has 0 radical (unpaired) electrons. The summed E-state index contributed by atoms with van der Waals surface area (Å²) in [6, 6.07) is -0.364. The summed E-state index contributed by atoms with van der Waals surface area (Å²) >= 11 is 0. The lowest BCUT2D eigenvalue weighted by atomic mass is 9.76. The van der Waals surface area contributed by atoms with Crippen LogP contribution in [0.1, 0.15) is 52.9 Å². The van der Waals surface area contributed by atoms with Crippen LogP contribution in [0.15, 0.2) is 0 Å². The number of carbonyl (C=O) groups is 2. The second kappa shape index (κ2) is 6.78. The van der Waals surface area contributed by atoms with Crippen LogP contribution in [-0.4, -0.2) is 29.2 Å². The molecule has 0 aromatic rings. The normalized spacial score (nSPS) is 28.5. The summed E-state index contributed by atoms with van der Waals surface area (Å²) < 4.78 is 0. The fourth-order valence-corrected chi connectivity index (χ4v) is 2.59. The number of nitrogens with one attached hydrogen (secondary N) is 2. The molecule has 19 heavy (non-hydrogen) atoms. The predicted octanol–water partition coefficient (Wildman–Crippen LogP) is 2.37. The maximum atomic E-state index is 11.9. The van der Waals surface area contributed by atoms with E-state index in [2.05, 4.69) is 24.5 Å². The molecule has 0 heterocycles. The summed E-state index contributed by atoms with van der Waals surface area (Å²) in [5.74, 6) is -0.186. The Hall–Kier alpha value is -1.26. The van der Waals surface area contributed by atoms with E-state index in [1.807, 2.05) is 6.92 Å². The van der Waals surface area contributed by atoms with Crippen LogP contribution in [0.25, 0.3) is 0 Å². The second-order valence-electron chi connectivity index (χ2n) is 5.94. The Morgan fingerprint density at radius 2 is 2.16 bits per heavy atom. The van der Waals surface area contributed by atoms with Gasteiger partial charge in [-0.25, -0.2) is 9.59 Å². The van der Waals surface area contributed by atoms with Crippen LogP contribution < -0.4 is 10.6 Å². The average molecular weight is 270 g/mol. The van der Waals surface area contributed by atoms with Gasteiger partial charge < -0.3 is 15.7 Å². The van der Waals surface area contributed by atoms with Crippen molar-refractivity contribution in [3.05, 3.63) is 0 Å². The van der Waals surface area contributed by atoms with Gasteiger partial charge in [0.1, 0.15) is 5.54 Å². The van der Waals surface area contributed by atoms with Gasteiger partial charge >= 0.3 is 12.0 Å². The van der Waals surface area contributed by atoms with Crippen molar-refractivity contribution in [2.24, 2.45) is 11.8 Å². The lowest BCUT2D eigenvalue weighted by Gasteiger charge is -2.37. The Balaban J connectivity index is 2.58. The fraction of sp³-hybridized carbons (Fsp3) is 0.857. The Morgan fingerprint density at radius 1 is 1.47 bits per heavy atom. The highest BCUT2D eigenvalue weighted by atomic mass is 16.4.